The van der Waals surface area contributed by atoms with Gasteiger partial charge < -0.3 is 14.8 Å². The van der Waals surface area contributed by atoms with Crippen LogP contribution < -0.4 is 4.74 Å². The zero-order valence-corrected chi connectivity index (χ0v) is 13.1. The number of benzene rings is 2. The number of phenolic OH excluding ortho intramolecular Hbond substituents is 1. The largest absolute Gasteiger partial charge is 0.504 e. The molecule has 0 bridgehead atoms. The predicted molar refractivity (Wildman–Crippen MR) is 90.9 cm³/mol. The molecule has 0 aliphatic carbocycles. The van der Waals surface area contributed by atoms with E-state index in [1.165, 1.54) is 19.3 Å². The quantitative estimate of drug-likeness (QED) is 0.428. The van der Waals surface area contributed by atoms with Crippen LogP contribution in [0.5, 0.6) is 11.5 Å². The topological polar surface area (TPSA) is 125 Å². The van der Waals surface area contributed by atoms with Gasteiger partial charge >= 0.3 is 0 Å². The number of allylic oxidation sites excluding steroid dienone is 1. The number of H-pyrrole nitrogens is 1. The number of fused-ring (bicyclic) bond motifs is 1. The molecule has 0 saturated carbocycles. The molecule has 8 heteroatoms. The number of aromatic hydroxyl groups is 1. The van der Waals surface area contributed by atoms with Crippen molar-refractivity contribution in [1.82, 2.24) is 9.97 Å². The molecule has 8 nitrogen and oxygen atoms in total. The molecule has 0 atom stereocenters. The van der Waals surface area contributed by atoms with Crippen molar-refractivity contribution in [1.29, 1.82) is 5.26 Å². The maximum atomic E-state index is 11.2. The first-order chi connectivity index (χ1) is 12.0. The van der Waals surface area contributed by atoms with Gasteiger partial charge in [0, 0.05) is 0 Å². The fraction of sp³-hybridized carbons (Fsp3) is 0.0588. The lowest BCUT2D eigenvalue weighted by Gasteiger charge is -2.05. The zero-order chi connectivity index (χ0) is 18.0. The minimum Gasteiger partial charge on any atom is -0.504 e. The average Bonchev–Trinajstić information content (AvgIpc) is 3.04. The van der Waals surface area contributed by atoms with Gasteiger partial charge in [-0.1, -0.05) is 12.1 Å². The standard InChI is InChI=1S/C17H12N4O4/c1-25-16-7-10(14(21(23)24)8-15(16)22)6-11(9-18)17-19-12-4-2-3-5-13(12)20-17/h2-8,22H,1H3,(H,19,20). The molecule has 2 aromatic carbocycles. The van der Waals surface area contributed by atoms with E-state index < -0.39 is 4.92 Å². The molecule has 25 heavy (non-hydrogen) atoms. The summed E-state index contributed by atoms with van der Waals surface area (Å²) in [6.45, 7) is 0. The van der Waals surface area contributed by atoms with E-state index in [1.54, 1.807) is 6.07 Å². The summed E-state index contributed by atoms with van der Waals surface area (Å²) in [5.74, 6) is 0.0115. The van der Waals surface area contributed by atoms with Crippen molar-refractivity contribution in [3.8, 4) is 17.6 Å². The number of hydrogen-bond donors (Lipinski definition) is 2. The summed E-state index contributed by atoms with van der Waals surface area (Å²) in [5, 5.41) is 30.4. The Morgan fingerprint density at radius 3 is 2.84 bits per heavy atom. The SMILES string of the molecule is COc1cc(C=C(C#N)c2nc3ccccc3[nH]2)c([N+](=O)[O-])cc1O. The van der Waals surface area contributed by atoms with E-state index in [0.717, 1.165) is 11.6 Å². The molecule has 0 saturated heterocycles. The van der Waals surface area contributed by atoms with Gasteiger partial charge in [0.15, 0.2) is 11.5 Å². The van der Waals surface area contributed by atoms with Crippen LogP contribution in [0.25, 0.3) is 22.7 Å². The van der Waals surface area contributed by atoms with E-state index in [1.807, 2.05) is 24.3 Å². The number of nitro groups is 1. The minimum atomic E-state index is -0.640. The van der Waals surface area contributed by atoms with Crippen molar-refractivity contribution < 1.29 is 14.8 Å². The normalized spacial score (nSPS) is 11.3. The Balaban J connectivity index is 2.17. The Morgan fingerprint density at radius 1 is 1.44 bits per heavy atom. The van der Waals surface area contributed by atoms with E-state index in [-0.39, 0.29) is 28.3 Å². The highest BCUT2D eigenvalue weighted by Crippen LogP contribution is 2.35. The Kier molecular flexibility index (Phi) is 4.05. The molecule has 0 aliphatic rings. The Hall–Kier alpha value is -3.86. The van der Waals surface area contributed by atoms with Crippen molar-refractivity contribution in [3.63, 3.8) is 0 Å². The van der Waals surface area contributed by atoms with E-state index >= 15 is 0 Å². The second-order valence-corrected chi connectivity index (χ2v) is 5.11. The predicted octanol–water partition coefficient (Wildman–Crippen LogP) is 3.25. The number of nitrogens with zero attached hydrogens (tertiary/aromatic N) is 3. The molecule has 0 unspecified atom stereocenters. The number of aromatic amines is 1. The number of nitriles is 1. The molecule has 0 spiro atoms. The van der Waals surface area contributed by atoms with Crippen LogP contribution in [-0.2, 0) is 0 Å². The van der Waals surface area contributed by atoms with Crippen LogP contribution in [0.1, 0.15) is 11.4 Å². The van der Waals surface area contributed by atoms with E-state index in [4.69, 9.17) is 4.74 Å². The lowest BCUT2D eigenvalue weighted by Crippen LogP contribution is -1.95. The van der Waals surface area contributed by atoms with Crippen LogP contribution in [0.4, 0.5) is 5.69 Å². The van der Waals surface area contributed by atoms with Crippen LogP contribution >= 0.6 is 0 Å². The molecule has 124 valence electrons. The van der Waals surface area contributed by atoms with Crippen molar-refractivity contribution in [3.05, 3.63) is 57.9 Å². The maximum absolute atomic E-state index is 11.2. The third-order valence-corrected chi connectivity index (χ3v) is 3.59. The molecule has 0 fully saturated rings. The molecule has 1 heterocycles. The molecule has 3 aromatic rings. The van der Waals surface area contributed by atoms with E-state index in [2.05, 4.69) is 9.97 Å². The molecule has 2 N–H and O–H groups in total. The number of hydrogen-bond acceptors (Lipinski definition) is 6. The number of nitro benzene ring substituents is 1. The molecular formula is C17H12N4O4. The smallest absolute Gasteiger partial charge is 0.280 e. The van der Waals surface area contributed by atoms with Crippen LogP contribution in [-0.4, -0.2) is 27.1 Å². The number of aromatic nitrogens is 2. The lowest BCUT2D eigenvalue weighted by molar-refractivity contribution is -0.385. The summed E-state index contributed by atoms with van der Waals surface area (Å²) in [6.07, 6.45) is 1.33. The van der Waals surface area contributed by atoms with Gasteiger partial charge in [-0.25, -0.2) is 4.98 Å². The number of imidazole rings is 1. The van der Waals surface area contributed by atoms with Gasteiger partial charge in [-0.2, -0.15) is 5.26 Å². The summed E-state index contributed by atoms with van der Waals surface area (Å²) in [5.41, 5.74) is 1.32. The highest BCUT2D eigenvalue weighted by atomic mass is 16.6. The van der Waals surface area contributed by atoms with Gasteiger partial charge in [0.25, 0.3) is 5.69 Å². The van der Waals surface area contributed by atoms with Gasteiger partial charge in [0.2, 0.25) is 0 Å². The van der Waals surface area contributed by atoms with E-state index in [9.17, 15) is 20.5 Å². The van der Waals surface area contributed by atoms with Gasteiger partial charge in [-0.05, 0) is 24.3 Å². The van der Waals surface area contributed by atoms with Gasteiger partial charge in [0.05, 0.1) is 40.3 Å². The number of ether oxygens (including phenoxy) is 1. The zero-order valence-electron chi connectivity index (χ0n) is 13.1. The van der Waals surface area contributed by atoms with Crippen LogP contribution in [0.2, 0.25) is 0 Å². The monoisotopic (exact) mass is 336 g/mol. The third-order valence-electron chi connectivity index (χ3n) is 3.59. The second kappa shape index (κ2) is 6.33. The summed E-state index contributed by atoms with van der Waals surface area (Å²) < 4.78 is 4.98. The molecule has 0 amide bonds. The maximum Gasteiger partial charge on any atom is 0.280 e. The van der Waals surface area contributed by atoms with Crippen LogP contribution in [0.3, 0.4) is 0 Å². The van der Waals surface area contributed by atoms with Crippen LogP contribution in [0.15, 0.2) is 36.4 Å². The lowest BCUT2D eigenvalue weighted by atomic mass is 10.1. The van der Waals surface area contributed by atoms with Crippen molar-refractivity contribution in [2.24, 2.45) is 0 Å². The molecule has 0 radical (unpaired) electrons. The summed E-state index contributed by atoms with van der Waals surface area (Å²) >= 11 is 0. The fourth-order valence-electron chi connectivity index (χ4n) is 2.40. The molecule has 3 rings (SSSR count). The highest BCUT2D eigenvalue weighted by Gasteiger charge is 2.19. The van der Waals surface area contributed by atoms with Crippen molar-refractivity contribution in [2.75, 3.05) is 7.11 Å². The van der Waals surface area contributed by atoms with E-state index in [0.29, 0.717) is 11.3 Å². The Morgan fingerprint density at radius 2 is 2.20 bits per heavy atom. The first-order valence-electron chi connectivity index (χ1n) is 7.15. The fourth-order valence-corrected chi connectivity index (χ4v) is 2.40. The number of methoxy groups -OCH3 is 1. The molecule has 1 aromatic heterocycles. The Bertz CT molecular complexity index is 1010. The van der Waals surface area contributed by atoms with Gasteiger partial charge in [0.1, 0.15) is 11.9 Å². The van der Waals surface area contributed by atoms with Gasteiger partial charge in [-0.15, -0.1) is 0 Å². The van der Waals surface area contributed by atoms with Gasteiger partial charge in [-0.3, -0.25) is 10.1 Å². The second-order valence-electron chi connectivity index (χ2n) is 5.11. The summed E-state index contributed by atoms with van der Waals surface area (Å²) in [7, 11) is 1.33. The Labute approximate surface area is 141 Å². The third kappa shape index (κ3) is 2.98. The summed E-state index contributed by atoms with van der Waals surface area (Å²) in [6, 6.07) is 11.5. The van der Waals surface area contributed by atoms with Crippen molar-refractivity contribution >= 4 is 28.4 Å². The number of rotatable bonds is 4. The minimum absolute atomic E-state index is 0.0683. The number of phenols is 1. The average molecular weight is 336 g/mol. The molecule has 0 aliphatic heterocycles. The number of nitrogens with one attached hydrogen (secondary N) is 1. The van der Waals surface area contributed by atoms with Crippen LogP contribution in [0, 0.1) is 21.4 Å². The first kappa shape index (κ1) is 16.0. The highest BCUT2D eigenvalue weighted by molar-refractivity contribution is 5.92. The van der Waals surface area contributed by atoms with Crippen molar-refractivity contribution in [2.45, 2.75) is 0 Å². The molecular weight excluding hydrogens is 324 g/mol. The summed E-state index contributed by atoms with van der Waals surface area (Å²) in [4.78, 5) is 17.9. The number of para-hydroxylation sites is 2. The first-order valence-corrected chi connectivity index (χ1v) is 7.15.